The predicted molar refractivity (Wildman–Crippen MR) is 230 cm³/mol. The highest BCUT2D eigenvalue weighted by atomic mass is 28.4. The Hall–Kier alpha value is -1.10. The molecule has 0 aliphatic rings. The number of hydrogen-bond donors (Lipinski definition) is 1. The van der Waals surface area contributed by atoms with Crippen LogP contribution in [-0.4, -0.2) is 88.8 Å². The van der Waals surface area contributed by atoms with Gasteiger partial charge < -0.3 is 37.3 Å². The van der Waals surface area contributed by atoms with Crippen molar-refractivity contribution in [3.63, 3.8) is 0 Å². The molecular formula is C42H82O9Si3. The number of methoxy groups -OCH3 is 3. The average molecular weight is 815 g/mol. The molecule has 1 aromatic carbocycles. The summed E-state index contributed by atoms with van der Waals surface area (Å²) in [6.45, 7) is 31.9. The molecule has 1 rings (SSSR count). The average Bonchev–Trinajstić information content (AvgIpc) is 3.11. The molecule has 0 bridgehead atoms. The van der Waals surface area contributed by atoms with E-state index in [0.717, 1.165) is 42.3 Å². The van der Waals surface area contributed by atoms with Crippen LogP contribution in [0.15, 0.2) is 24.3 Å². The molecule has 9 nitrogen and oxygen atoms in total. The highest BCUT2D eigenvalue weighted by molar-refractivity contribution is 6.77. The number of hydrogen-bond acceptors (Lipinski definition) is 8. The summed E-state index contributed by atoms with van der Waals surface area (Å²) in [5.74, 6) is -2.41. The van der Waals surface area contributed by atoms with Crippen LogP contribution >= 0.6 is 0 Å². The fourth-order valence-corrected chi connectivity index (χ4v) is 18.3. The first-order valence-electron chi connectivity index (χ1n) is 20.8. The minimum atomic E-state index is -2.35. The van der Waals surface area contributed by atoms with Gasteiger partial charge in [0.25, 0.3) is 5.79 Å². The van der Waals surface area contributed by atoms with Crippen molar-refractivity contribution in [1.29, 1.82) is 0 Å². The Bertz CT molecular complexity index is 1150. The van der Waals surface area contributed by atoms with Crippen LogP contribution in [0.3, 0.4) is 0 Å². The lowest BCUT2D eigenvalue weighted by molar-refractivity contribution is -0.251. The molecule has 1 N–H and O–H groups in total. The van der Waals surface area contributed by atoms with Crippen molar-refractivity contribution >= 4 is 31.6 Å². The van der Waals surface area contributed by atoms with Crippen molar-refractivity contribution in [3.05, 3.63) is 29.8 Å². The Morgan fingerprint density at radius 2 is 1.30 bits per heavy atom. The van der Waals surface area contributed by atoms with E-state index in [4.69, 9.17) is 32.2 Å². The Morgan fingerprint density at radius 3 is 1.69 bits per heavy atom. The van der Waals surface area contributed by atoms with Crippen LogP contribution < -0.4 is 4.74 Å². The number of benzene rings is 1. The minimum absolute atomic E-state index is 0.0146. The van der Waals surface area contributed by atoms with E-state index >= 15 is 0 Å². The zero-order valence-corrected chi connectivity index (χ0v) is 40.7. The van der Waals surface area contributed by atoms with Crippen molar-refractivity contribution in [2.45, 2.75) is 187 Å². The van der Waals surface area contributed by atoms with Gasteiger partial charge in [-0.05, 0) is 96.6 Å². The van der Waals surface area contributed by atoms with Crippen LogP contribution in [0.1, 0.15) is 114 Å². The van der Waals surface area contributed by atoms with Gasteiger partial charge in [0.15, 0.2) is 25.7 Å². The van der Waals surface area contributed by atoms with Crippen LogP contribution in [-0.2, 0) is 38.9 Å². The van der Waals surface area contributed by atoms with E-state index in [-0.39, 0.29) is 30.1 Å². The topological polar surface area (TPSA) is 102 Å². The molecule has 0 amide bonds. The smallest absolute Gasteiger partial charge is 0.366 e. The SMILES string of the molecule is CC[Si](CC)(CC)OC(CCC(OC)C(C(CCCO[Si](C(C)C)(C(C)C)C(C)C)OC)C(C)(C)C)C(OCc1ccc(OC)cc1)(O[SiH](C)C)C(=O)O. The molecule has 0 saturated carbocycles. The van der Waals surface area contributed by atoms with Crippen LogP contribution in [0.4, 0.5) is 0 Å². The second-order valence-corrected chi connectivity index (χ2v) is 30.0. The van der Waals surface area contributed by atoms with Crippen LogP contribution in [0.5, 0.6) is 5.75 Å². The Morgan fingerprint density at radius 1 is 0.796 bits per heavy atom. The lowest BCUT2D eigenvalue weighted by atomic mass is 9.71. The molecule has 0 aromatic heterocycles. The number of carboxylic acid groups (broad SMARTS) is 1. The summed E-state index contributed by atoms with van der Waals surface area (Å²) in [6.07, 6.45) is 1.50. The number of aliphatic carboxylic acids is 1. The fraction of sp³-hybridized carbons (Fsp3) is 0.833. The zero-order valence-electron chi connectivity index (χ0n) is 37.5. The maximum atomic E-state index is 13.6. The third-order valence-electron chi connectivity index (χ3n) is 11.9. The second-order valence-electron chi connectivity index (χ2n) is 17.5. The normalized spacial score (nSPS) is 16.5. The van der Waals surface area contributed by atoms with E-state index in [1.807, 2.05) is 37.4 Å². The molecule has 0 radical (unpaired) electrons. The van der Waals surface area contributed by atoms with Gasteiger partial charge in [0, 0.05) is 26.7 Å². The van der Waals surface area contributed by atoms with E-state index in [2.05, 4.69) is 83.1 Å². The Kier molecular flexibility index (Phi) is 22.0. The summed E-state index contributed by atoms with van der Waals surface area (Å²) in [5.41, 5.74) is 2.24. The Labute approximate surface area is 334 Å². The molecule has 5 unspecified atom stereocenters. The van der Waals surface area contributed by atoms with Gasteiger partial charge >= 0.3 is 5.97 Å². The van der Waals surface area contributed by atoms with Crippen molar-refractivity contribution in [2.75, 3.05) is 27.9 Å². The third-order valence-corrected chi connectivity index (χ3v) is 23.5. The molecule has 0 aliphatic heterocycles. The molecule has 5 atom stereocenters. The zero-order chi connectivity index (χ0) is 41.5. The molecule has 1 aromatic rings. The van der Waals surface area contributed by atoms with E-state index in [0.29, 0.717) is 36.1 Å². The molecule has 0 saturated heterocycles. The highest BCUT2D eigenvalue weighted by Gasteiger charge is 2.53. The maximum absolute atomic E-state index is 13.6. The van der Waals surface area contributed by atoms with Crippen molar-refractivity contribution in [1.82, 2.24) is 0 Å². The standard InChI is InChI=1S/C42H82O9Si3/c1-18-53(19-2,20-3)50-38(42(40(43)44,51-52(16)17)48-30-34-23-25-35(45-13)26-24-34)28-27-37(47-15)39(41(10,11)12)36(46-14)22-21-29-49-54(31(4)5,32(6)7)33(8)9/h23-26,31-33,36-39,52H,18-22,27-30H2,1-17H3,(H,43,44). The van der Waals surface area contributed by atoms with Crippen LogP contribution in [0.2, 0.25) is 47.8 Å². The monoisotopic (exact) mass is 815 g/mol. The molecule has 0 heterocycles. The van der Waals surface area contributed by atoms with Gasteiger partial charge in [0.05, 0.1) is 25.9 Å². The summed E-state index contributed by atoms with van der Waals surface area (Å²) in [6, 6.07) is 10.1. The largest absolute Gasteiger partial charge is 0.497 e. The van der Waals surface area contributed by atoms with Gasteiger partial charge in [0.1, 0.15) is 11.9 Å². The summed E-state index contributed by atoms with van der Waals surface area (Å²) in [5, 5.41) is 11.1. The summed E-state index contributed by atoms with van der Waals surface area (Å²) in [7, 11) is -1.12. The summed E-state index contributed by atoms with van der Waals surface area (Å²) in [4.78, 5) is 13.6. The van der Waals surface area contributed by atoms with Gasteiger partial charge in [-0.25, -0.2) is 4.79 Å². The first-order valence-corrected chi connectivity index (χ1v) is 28.2. The molecule has 0 spiro atoms. The van der Waals surface area contributed by atoms with Gasteiger partial charge in [-0.1, -0.05) is 95.2 Å². The van der Waals surface area contributed by atoms with E-state index in [9.17, 15) is 9.90 Å². The maximum Gasteiger partial charge on any atom is 0.366 e. The van der Waals surface area contributed by atoms with Crippen molar-refractivity contribution < 1.29 is 42.1 Å². The number of carbonyl (C=O) groups is 1. The first kappa shape index (κ1) is 50.9. The molecule has 0 fully saturated rings. The van der Waals surface area contributed by atoms with Gasteiger partial charge in [-0.3, -0.25) is 0 Å². The van der Waals surface area contributed by atoms with E-state index in [1.54, 1.807) is 21.3 Å². The number of ether oxygens (including phenoxy) is 4. The fourth-order valence-electron chi connectivity index (χ4n) is 8.94. The minimum Gasteiger partial charge on any atom is -0.497 e. The summed E-state index contributed by atoms with van der Waals surface area (Å²) >= 11 is 0. The van der Waals surface area contributed by atoms with Crippen LogP contribution in [0.25, 0.3) is 0 Å². The molecule has 0 aliphatic carbocycles. The second kappa shape index (κ2) is 23.3. The quantitative estimate of drug-likeness (QED) is 0.0503. The molecule has 12 heteroatoms. The summed E-state index contributed by atoms with van der Waals surface area (Å²) < 4.78 is 45.1. The van der Waals surface area contributed by atoms with Gasteiger partial charge in [0.2, 0.25) is 0 Å². The number of rotatable bonds is 28. The van der Waals surface area contributed by atoms with E-state index in [1.165, 1.54) is 0 Å². The third kappa shape index (κ3) is 13.5. The van der Waals surface area contributed by atoms with Crippen LogP contribution in [0, 0.1) is 11.3 Å². The Balaban J connectivity index is 3.58. The highest BCUT2D eigenvalue weighted by Crippen LogP contribution is 2.43. The van der Waals surface area contributed by atoms with Gasteiger partial charge in [-0.15, -0.1) is 0 Å². The van der Waals surface area contributed by atoms with Crippen molar-refractivity contribution in [2.24, 2.45) is 11.3 Å². The lowest BCUT2D eigenvalue weighted by Gasteiger charge is -2.45. The van der Waals surface area contributed by atoms with Crippen molar-refractivity contribution in [3.8, 4) is 5.75 Å². The van der Waals surface area contributed by atoms with E-state index < -0.39 is 43.5 Å². The number of carboxylic acids is 1. The molecule has 54 heavy (non-hydrogen) atoms. The van der Waals surface area contributed by atoms with Gasteiger partial charge in [-0.2, -0.15) is 0 Å². The predicted octanol–water partition coefficient (Wildman–Crippen LogP) is 10.8. The lowest BCUT2D eigenvalue weighted by Crippen LogP contribution is -2.60. The first-order chi connectivity index (χ1) is 25.2. The molecule has 316 valence electrons. The molecular weight excluding hydrogens is 733 g/mol.